The van der Waals surface area contributed by atoms with E-state index in [-0.39, 0.29) is 34.6 Å². The summed E-state index contributed by atoms with van der Waals surface area (Å²) >= 11 is 7.32. The second-order valence-electron chi connectivity index (χ2n) is 8.05. The number of fused-ring (bicyclic) bond motifs is 5. The highest BCUT2D eigenvalue weighted by Crippen LogP contribution is 2.40. The first kappa shape index (κ1) is 22.7. The van der Waals surface area contributed by atoms with Gasteiger partial charge in [-0.2, -0.15) is 4.98 Å². The summed E-state index contributed by atoms with van der Waals surface area (Å²) in [4.78, 5) is 30.2. The summed E-state index contributed by atoms with van der Waals surface area (Å²) in [6.07, 6.45) is 3.87. The molecular formula is C21H19ClN6O4S2. The van der Waals surface area contributed by atoms with Crippen molar-refractivity contribution in [2.45, 2.75) is 25.1 Å². The Morgan fingerprint density at radius 2 is 2.03 bits per heavy atom. The molecule has 1 amide bonds. The SMILES string of the molecule is CC(c1cnc(Cl)nc1Oc1cnc2c(ccc3sc4c(c32)NC[C@@H](C)NC4=O)n1)S(C)(=O)=O. The molecule has 1 aromatic carbocycles. The van der Waals surface area contributed by atoms with Crippen LogP contribution < -0.4 is 15.4 Å². The van der Waals surface area contributed by atoms with E-state index in [1.807, 2.05) is 13.0 Å². The fourth-order valence-corrected chi connectivity index (χ4v) is 5.50. The average Bonchev–Trinajstić information content (AvgIpc) is 3.09. The van der Waals surface area contributed by atoms with Crippen molar-refractivity contribution < 1.29 is 17.9 Å². The number of carbonyl (C=O) groups excluding carboxylic acids is 1. The van der Waals surface area contributed by atoms with Gasteiger partial charge in [-0.05, 0) is 37.6 Å². The molecule has 0 bridgehead atoms. The molecule has 0 saturated heterocycles. The Morgan fingerprint density at radius 3 is 2.79 bits per heavy atom. The van der Waals surface area contributed by atoms with Gasteiger partial charge in [0.2, 0.25) is 17.0 Å². The Hall–Kier alpha value is -3.09. The van der Waals surface area contributed by atoms with Crippen molar-refractivity contribution in [3.63, 3.8) is 0 Å². The van der Waals surface area contributed by atoms with E-state index in [1.54, 1.807) is 6.07 Å². The van der Waals surface area contributed by atoms with E-state index in [2.05, 4.69) is 30.6 Å². The third kappa shape index (κ3) is 4.01. The number of aromatic nitrogens is 4. The Morgan fingerprint density at radius 1 is 1.24 bits per heavy atom. The van der Waals surface area contributed by atoms with Crippen molar-refractivity contribution >= 4 is 65.5 Å². The molecule has 0 fully saturated rings. The topological polar surface area (TPSA) is 136 Å². The number of anilines is 1. The highest BCUT2D eigenvalue weighted by Gasteiger charge is 2.26. The predicted molar refractivity (Wildman–Crippen MR) is 131 cm³/mol. The van der Waals surface area contributed by atoms with Crippen LogP contribution in [0.4, 0.5) is 5.69 Å². The number of hydrogen-bond donors (Lipinski definition) is 2. The van der Waals surface area contributed by atoms with E-state index in [9.17, 15) is 13.2 Å². The van der Waals surface area contributed by atoms with Gasteiger partial charge in [0.1, 0.15) is 4.88 Å². The maximum absolute atomic E-state index is 12.6. The number of carbonyl (C=O) groups is 1. The number of hydrogen-bond acceptors (Lipinski definition) is 10. The number of nitrogens with zero attached hydrogens (tertiary/aromatic N) is 4. The van der Waals surface area contributed by atoms with Crippen LogP contribution in [0.5, 0.6) is 11.8 Å². The Labute approximate surface area is 203 Å². The van der Waals surface area contributed by atoms with Crippen LogP contribution in [0.1, 0.15) is 34.3 Å². The van der Waals surface area contributed by atoms with E-state index in [1.165, 1.54) is 30.7 Å². The summed E-state index contributed by atoms with van der Waals surface area (Å²) in [6.45, 7) is 4.04. The number of halogens is 1. The van der Waals surface area contributed by atoms with Gasteiger partial charge < -0.3 is 15.4 Å². The van der Waals surface area contributed by atoms with Crippen LogP contribution in [0, 0.1) is 0 Å². The first-order valence-electron chi connectivity index (χ1n) is 10.3. The van der Waals surface area contributed by atoms with Gasteiger partial charge in [0, 0.05) is 35.1 Å². The number of sulfone groups is 1. The van der Waals surface area contributed by atoms with Crippen LogP contribution in [-0.4, -0.2) is 53.1 Å². The minimum Gasteiger partial charge on any atom is -0.419 e. The van der Waals surface area contributed by atoms with Crippen molar-refractivity contribution in [2.75, 3.05) is 18.1 Å². The van der Waals surface area contributed by atoms with Crippen LogP contribution in [0.2, 0.25) is 5.28 Å². The highest BCUT2D eigenvalue weighted by atomic mass is 35.5. The highest BCUT2D eigenvalue weighted by molar-refractivity contribution is 7.90. The first-order chi connectivity index (χ1) is 16.1. The fourth-order valence-electron chi connectivity index (χ4n) is 3.67. The molecule has 34 heavy (non-hydrogen) atoms. The Kier molecular flexibility index (Phi) is 5.53. The van der Waals surface area contributed by atoms with Gasteiger partial charge in [-0.3, -0.25) is 4.79 Å². The molecule has 0 saturated carbocycles. The molecule has 0 radical (unpaired) electrons. The molecular weight excluding hydrogens is 500 g/mol. The number of ether oxygens (including phenoxy) is 1. The fraction of sp³-hybridized carbons (Fsp3) is 0.286. The maximum atomic E-state index is 12.6. The van der Waals surface area contributed by atoms with Gasteiger partial charge in [0.15, 0.2) is 9.84 Å². The average molecular weight is 519 g/mol. The van der Waals surface area contributed by atoms with Crippen molar-refractivity contribution in [2.24, 2.45) is 0 Å². The van der Waals surface area contributed by atoms with E-state index in [0.717, 1.165) is 22.0 Å². The summed E-state index contributed by atoms with van der Waals surface area (Å²) in [5, 5.41) is 6.13. The van der Waals surface area contributed by atoms with Gasteiger partial charge in [-0.15, -0.1) is 11.3 Å². The Bertz CT molecular complexity index is 1570. The van der Waals surface area contributed by atoms with Gasteiger partial charge >= 0.3 is 0 Å². The lowest BCUT2D eigenvalue weighted by molar-refractivity contribution is 0.0949. The van der Waals surface area contributed by atoms with Crippen molar-refractivity contribution in [1.82, 2.24) is 25.3 Å². The molecule has 1 aliphatic rings. The Balaban J connectivity index is 1.59. The maximum Gasteiger partial charge on any atom is 0.263 e. The molecule has 4 heterocycles. The second-order valence-corrected chi connectivity index (χ2v) is 11.8. The lowest BCUT2D eigenvalue weighted by atomic mass is 10.1. The molecule has 2 N–H and O–H groups in total. The second kappa shape index (κ2) is 8.29. The van der Waals surface area contributed by atoms with Gasteiger partial charge in [-0.25, -0.2) is 23.4 Å². The molecule has 0 aliphatic carbocycles. The quantitative estimate of drug-likeness (QED) is 0.387. The predicted octanol–water partition coefficient (Wildman–Crippen LogP) is 3.73. The summed E-state index contributed by atoms with van der Waals surface area (Å²) < 4.78 is 30.9. The van der Waals surface area contributed by atoms with E-state index in [0.29, 0.717) is 22.5 Å². The summed E-state index contributed by atoms with van der Waals surface area (Å²) in [7, 11) is -3.43. The van der Waals surface area contributed by atoms with E-state index in [4.69, 9.17) is 16.3 Å². The number of benzene rings is 1. The molecule has 1 unspecified atom stereocenters. The van der Waals surface area contributed by atoms with Crippen molar-refractivity contribution in [1.29, 1.82) is 0 Å². The molecule has 2 atom stereocenters. The number of amides is 1. The first-order valence-corrected chi connectivity index (χ1v) is 13.4. The van der Waals surface area contributed by atoms with Crippen molar-refractivity contribution in [3.05, 3.63) is 40.3 Å². The van der Waals surface area contributed by atoms with Crippen LogP contribution in [0.15, 0.2) is 24.5 Å². The summed E-state index contributed by atoms with van der Waals surface area (Å²) in [5.74, 6) is -0.0171. The molecule has 1 aliphatic heterocycles. The van der Waals surface area contributed by atoms with Crippen LogP contribution >= 0.6 is 22.9 Å². The number of thiophene rings is 1. The van der Waals surface area contributed by atoms with Gasteiger partial charge in [0.05, 0.1) is 33.7 Å². The lowest BCUT2D eigenvalue weighted by Crippen LogP contribution is -2.34. The van der Waals surface area contributed by atoms with Gasteiger partial charge in [-0.1, -0.05) is 0 Å². The lowest BCUT2D eigenvalue weighted by Gasteiger charge is -2.14. The molecule has 4 aromatic rings. The molecule has 10 nitrogen and oxygen atoms in total. The summed E-state index contributed by atoms with van der Waals surface area (Å²) in [6, 6.07) is 3.67. The third-order valence-corrected chi connectivity index (χ3v) is 8.42. The smallest absolute Gasteiger partial charge is 0.263 e. The van der Waals surface area contributed by atoms with Crippen LogP contribution in [0.25, 0.3) is 21.1 Å². The number of nitrogens with one attached hydrogen (secondary N) is 2. The molecule has 0 spiro atoms. The zero-order chi connectivity index (χ0) is 24.2. The summed E-state index contributed by atoms with van der Waals surface area (Å²) in [5.41, 5.74) is 2.16. The molecule has 3 aromatic heterocycles. The number of rotatable bonds is 4. The molecule has 13 heteroatoms. The van der Waals surface area contributed by atoms with Gasteiger partial charge in [0.25, 0.3) is 5.91 Å². The van der Waals surface area contributed by atoms with Crippen molar-refractivity contribution in [3.8, 4) is 11.8 Å². The normalized spacial score (nSPS) is 17.1. The monoisotopic (exact) mass is 518 g/mol. The molecule has 5 rings (SSSR count). The zero-order valence-electron chi connectivity index (χ0n) is 18.3. The largest absolute Gasteiger partial charge is 0.419 e. The minimum atomic E-state index is -3.43. The van der Waals surface area contributed by atoms with E-state index >= 15 is 0 Å². The minimum absolute atomic E-state index is 0.00794. The van der Waals surface area contributed by atoms with Crippen LogP contribution in [-0.2, 0) is 9.84 Å². The standard InChI is InChI=1S/C21H19ClN6O4S2/c1-9-6-23-17-15-13(33-18(17)19(29)26-9)5-4-12-16(15)24-8-14(27-12)32-20-11(7-25-21(22)28-20)10(2)34(3,30)31/h4-5,7-10,23H,6H2,1-3H3,(H,26,29)/t9-,10?/m1/s1. The van der Waals surface area contributed by atoms with Crippen LogP contribution in [0.3, 0.4) is 0 Å². The van der Waals surface area contributed by atoms with E-state index < -0.39 is 15.1 Å². The zero-order valence-corrected chi connectivity index (χ0v) is 20.7. The molecule has 176 valence electrons. The third-order valence-electron chi connectivity index (χ3n) is 5.54.